The fourth-order valence-corrected chi connectivity index (χ4v) is 4.06. The molecule has 1 fully saturated rings. The van der Waals surface area contributed by atoms with Gasteiger partial charge in [-0.15, -0.1) is 0 Å². The molecule has 2 rings (SSSR count). The maximum absolute atomic E-state index is 11.4. The van der Waals surface area contributed by atoms with Crippen LogP contribution in [-0.2, 0) is 11.2 Å². The Labute approximate surface area is 180 Å². The van der Waals surface area contributed by atoms with Crippen molar-refractivity contribution in [2.45, 2.75) is 70.2 Å². The molecule has 0 aromatic heterocycles. The van der Waals surface area contributed by atoms with Crippen LogP contribution >= 0.6 is 0 Å². The van der Waals surface area contributed by atoms with Crippen molar-refractivity contribution in [3.63, 3.8) is 0 Å². The smallest absolute Gasteiger partial charge is 0.219 e. The maximum Gasteiger partial charge on any atom is 0.219 e. The summed E-state index contributed by atoms with van der Waals surface area (Å²) in [6.45, 7) is 2.57. The molecule has 1 aromatic rings. The van der Waals surface area contributed by atoms with Crippen LogP contribution < -0.4 is 5.32 Å². The lowest BCUT2D eigenvalue weighted by molar-refractivity contribution is -0.121. The number of allylic oxidation sites excluding steroid dienone is 2. The number of carbonyl (C=O) groups excluding carboxylic acids is 1. The topological polar surface area (TPSA) is 89.8 Å². The summed E-state index contributed by atoms with van der Waals surface area (Å²) >= 11 is 0. The molecule has 5 atom stereocenters. The summed E-state index contributed by atoms with van der Waals surface area (Å²) in [5.74, 6) is -0.139. The minimum absolute atomic E-state index is 0.0581. The highest BCUT2D eigenvalue weighted by atomic mass is 16.3. The highest BCUT2D eigenvalue weighted by Crippen LogP contribution is 2.36. The lowest BCUT2D eigenvalue weighted by Gasteiger charge is -2.19. The molecule has 1 aliphatic carbocycles. The average Bonchev–Trinajstić information content (AvgIpc) is 3.00. The van der Waals surface area contributed by atoms with Crippen molar-refractivity contribution in [3.8, 4) is 0 Å². The van der Waals surface area contributed by atoms with E-state index in [-0.39, 0.29) is 17.7 Å². The van der Waals surface area contributed by atoms with Crippen molar-refractivity contribution >= 4 is 5.91 Å². The summed E-state index contributed by atoms with van der Waals surface area (Å²) in [6.07, 6.45) is 10.6. The summed E-state index contributed by atoms with van der Waals surface area (Å²) in [5.41, 5.74) is 1.19. The molecule has 1 saturated carbocycles. The summed E-state index contributed by atoms with van der Waals surface area (Å²) in [4.78, 5) is 11.4. The van der Waals surface area contributed by atoms with Gasteiger partial charge >= 0.3 is 0 Å². The van der Waals surface area contributed by atoms with Crippen molar-refractivity contribution in [2.24, 2.45) is 11.8 Å². The van der Waals surface area contributed by atoms with E-state index in [2.05, 4.69) is 5.32 Å². The minimum atomic E-state index is -0.589. The Kier molecular flexibility index (Phi) is 10.8. The van der Waals surface area contributed by atoms with Gasteiger partial charge in [0.15, 0.2) is 0 Å². The van der Waals surface area contributed by atoms with Crippen LogP contribution in [-0.4, -0.2) is 46.1 Å². The monoisotopic (exact) mass is 415 g/mol. The van der Waals surface area contributed by atoms with Crippen LogP contribution in [0.25, 0.3) is 0 Å². The Bertz CT molecular complexity index is 673. The SMILES string of the molecule is CCNC(=O)CCC/C=C\C[C@@H]1[C@@H](/C=C/C(O)CCc2ccccc2)[C@H](O)C[C@@H]1O. The Morgan fingerprint density at radius 1 is 1.20 bits per heavy atom. The standard InChI is InChI=1S/C25H37NO4/c1-2-26-25(30)13-9-4-3-8-12-21-22(24(29)18-23(21)28)17-16-20(27)15-14-19-10-6-5-7-11-19/h3,5-8,10-11,16-17,20-24,27-29H,2,4,9,12-15,18H2,1H3,(H,26,30)/b8-3-,17-16+/t20?,21-,22-,23+,24-/m1/s1. The van der Waals surface area contributed by atoms with Crippen LogP contribution in [0.4, 0.5) is 0 Å². The second kappa shape index (κ2) is 13.4. The van der Waals surface area contributed by atoms with Gasteiger partial charge < -0.3 is 20.6 Å². The van der Waals surface area contributed by atoms with Crippen LogP contribution in [0.1, 0.15) is 51.0 Å². The molecule has 0 spiro atoms. The second-order valence-electron chi connectivity index (χ2n) is 8.14. The molecule has 1 aromatic carbocycles. The normalized spacial score (nSPS) is 25.2. The number of nitrogens with one attached hydrogen (secondary N) is 1. The van der Waals surface area contributed by atoms with Crippen LogP contribution in [0.5, 0.6) is 0 Å². The largest absolute Gasteiger partial charge is 0.393 e. The van der Waals surface area contributed by atoms with Crippen molar-refractivity contribution in [3.05, 3.63) is 60.2 Å². The maximum atomic E-state index is 11.4. The fourth-order valence-electron chi connectivity index (χ4n) is 4.06. The molecule has 5 nitrogen and oxygen atoms in total. The van der Waals surface area contributed by atoms with Gasteiger partial charge in [0, 0.05) is 25.3 Å². The number of unbranched alkanes of at least 4 members (excludes halogenated alkanes) is 1. The first-order valence-corrected chi connectivity index (χ1v) is 11.2. The van der Waals surface area contributed by atoms with Crippen molar-refractivity contribution in [2.75, 3.05) is 6.54 Å². The van der Waals surface area contributed by atoms with Gasteiger partial charge in [0.1, 0.15) is 0 Å². The number of carbonyl (C=O) groups is 1. The third-order valence-corrected chi connectivity index (χ3v) is 5.77. The number of hydrogen-bond donors (Lipinski definition) is 4. The molecule has 1 aliphatic rings. The van der Waals surface area contributed by atoms with Crippen LogP contribution in [0.2, 0.25) is 0 Å². The number of aryl methyl sites for hydroxylation is 1. The summed E-state index contributed by atoms with van der Waals surface area (Å²) in [6, 6.07) is 10.1. The van der Waals surface area contributed by atoms with E-state index in [0.29, 0.717) is 32.2 Å². The summed E-state index contributed by atoms with van der Waals surface area (Å²) in [7, 11) is 0. The number of rotatable bonds is 12. The molecule has 1 amide bonds. The van der Waals surface area contributed by atoms with E-state index in [0.717, 1.165) is 19.3 Å². The van der Waals surface area contributed by atoms with Crippen molar-refractivity contribution in [1.29, 1.82) is 0 Å². The van der Waals surface area contributed by atoms with Gasteiger partial charge in [-0.05, 0) is 50.5 Å². The number of amides is 1. The highest BCUT2D eigenvalue weighted by molar-refractivity contribution is 5.75. The number of aliphatic hydroxyl groups is 3. The lowest BCUT2D eigenvalue weighted by atomic mass is 9.89. The van der Waals surface area contributed by atoms with Crippen LogP contribution in [0, 0.1) is 11.8 Å². The van der Waals surface area contributed by atoms with Crippen molar-refractivity contribution < 1.29 is 20.1 Å². The number of aliphatic hydroxyl groups excluding tert-OH is 3. The number of benzene rings is 1. The van der Waals surface area contributed by atoms with E-state index in [1.54, 1.807) is 6.08 Å². The first-order chi connectivity index (χ1) is 14.5. The molecule has 30 heavy (non-hydrogen) atoms. The third kappa shape index (κ3) is 8.42. The van der Waals surface area contributed by atoms with Gasteiger partial charge in [0.25, 0.3) is 0 Å². The molecular formula is C25H37NO4. The molecular weight excluding hydrogens is 378 g/mol. The molecule has 4 N–H and O–H groups in total. The molecule has 0 heterocycles. The van der Waals surface area contributed by atoms with E-state index in [1.165, 1.54) is 5.56 Å². The van der Waals surface area contributed by atoms with Crippen LogP contribution in [0.15, 0.2) is 54.6 Å². The Morgan fingerprint density at radius 2 is 1.97 bits per heavy atom. The zero-order valence-corrected chi connectivity index (χ0v) is 18.0. The first kappa shape index (κ1) is 24.3. The van der Waals surface area contributed by atoms with E-state index in [4.69, 9.17) is 0 Å². The van der Waals surface area contributed by atoms with E-state index >= 15 is 0 Å². The van der Waals surface area contributed by atoms with Crippen molar-refractivity contribution in [1.82, 2.24) is 5.32 Å². The van der Waals surface area contributed by atoms with Gasteiger partial charge in [0.2, 0.25) is 5.91 Å². The third-order valence-electron chi connectivity index (χ3n) is 5.77. The first-order valence-electron chi connectivity index (χ1n) is 11.2. The molecule has 166 valence electrons. The zero-order valence-electron chi connectivity index (χ0n) is 18.0. The molecule has 0 saturated heterocycles. The van der Waals surface area contributed by atoms with Gasteiger partial charge in [-0.25, -0.2) is 0 Å². The quantitative estimate of drug-likeness (QED) is 0.312. The van der Waals surface area contributed by atoms with E-state index in [9.17, 15) is 20.1 Å². The molecule has 5 heteroatoms. The van der Waals surface area contributed by atoms with E-state index in [1.807, 2.05) is 55.5 Å². The molecule has 0 bridgehead atoms. The number of hydrogen-bond acceptors (Lipinski definition) is 4. The lowest BCUT2D eigenvalue weighted by Crippen LogP contribution is -2.21. The second-order valence-corrected chi connectivity index (χ2v) is 8.14. The molecule has 0 aliphatic heterocycles. The Balaban J connectivity index is 1.78. The van der Waals surface area contributed by atoms with Gasteiger partial charge in [0.05, 0.1) is 18.3 Å². The molecule has 0 radical (unpaired) electrons. The summed E-state index contributed by atoms with van der Waals surface area (Å²) in [5, 5.41) is 33.8. The van der Waals surface area contributed by atoms with Gasteiger partial charge in [-0.3, -0.25) is 4.79 Å². The summed E-state index contributed by atoms with van der Waals surface area (Å²) < 4.78 is 0. The highest BCUT2D eigenvalue weighted by Gasteiger charge is 2.39. The minimum Gasteiger partial charge on any atom is -0.393 e. The predicted octanol–water partition coefficient (Wildman–Crippen LogP) is 3.15. The fraction of sp³-hybridized carbons (Fsp3) is 0.560. The Morgan fingerprint density at radius 3 is 2.70 bits per heavy atom. The Hall–Kier alpha value is -1.95. The average molecular weight is 416 g/mol. The van der Waals surface area contributed by atoms with Gasteiger partial charge in [-0.1, -0.05) is 54.6 Å². The predicted molar refractivity (Wildman–Crippen MR) is 120 cm³/mol. The zero-order chi connectivity index (χ0) is 21.8. The molecule has 1 unspecified atom stereocenters. The van der Waals surface area contributed by atoms with Gasteiger partial charge in [-0.2, -0.15) is 0 Å². The van der Waals surface area contributed by atoms with Crippen LogP contribution in [0.3, 0.4) is 0 Å². The van der Waals surface area contributed by atoms with E-state index < -0.39 is 18.3 Å².